The Bertz CT molecular complexity index is 399. The van der Waals surface area contributed by atoms with E-state index in [1.165, 1.54) is 0 Å². The monoisotopic (exact) mass is 270 g/mol. The lowest BCUT2D eigenvalue weighted by Gasteiger charge is -2.24. The highest BCUT2D eigenvalue weighted by Gasteiger charge is 2.32. The molecule has 1 unspecified atom stereocenters. The van der Waals surface area contributed by atoms with E-state index in [1.807, 2.05) is 12.2 Å². The molecule has 4 N–H and O–H groups in total. The van der Waals surface area contributed by atoms with Crippen molar-refractivity contribution in [2.24, 2.45) is 16.6 Å². The van der Waals surface area contributed by atoms with Gasteiger partial charge in [-0.15, -0.1) is 0 Å². The highest BCUT2D eigenvalue weighted by molar-refractivity contribution is 9.11. The third kappa shape index (κ3) is 1.90. The van der Waals surface area contributed by atoms with Crippen LogP contribution in [-0.4, -0.2) is 29.3 Å². The van der Waals surface area contributed by atoms with E-state index in [4.69, 9.17) is 11.5 Å². The average Bonchev–Trinajstić information content (AvgIpc) is 2.42. The lowest BCUT2D eigenvalue weighted by molar-refractivity contribution is -0.119. The number of halogens is 1. The summed E-state index contributed by atoms with van der Waals surface area (Å²) in [6.45, 7) is 0.100. The fourth-order valence-electron chi connectivity index (χ4n) is 1.75. The van der Waals surface area contributed by atoms with Gasteiger partial charge in [-0.05, 0) is 4.48 Å². The quantitative estimate of drug-likeness (QED) is 0.743. The van der Waals surface area contributed by atoms with Crippen LogP contribution >= 0.6 is 15.9 Å². The number of allylic oxidation sites excluding steroid dienone is 2. The SMILES string of the molecule is NC(=O)CN1N=C(N)C2=CC=C(Br)CC21. The van der Waals surface area contributed by atoms with Gasteiger partial charge in [0.15, 0.2) is 0 Å². The van der Waals surface area contributed by atoms with E-state index in [9.17, 15) is 4.79 Å². The third-order valence-electron chi connectivity index (χ3n) is 2.40. The van der Waals surface area contributed by atoms with Gasteiger partial charge >= 0.3 is 0 Å². The number of fused-ring (bicyclic) bond motifs is 1. The Morgan fingerprint density at radius 3 is 3.07 bits per heavy atom. The second-order valence-electron chi connectivity index (χ2n) is 3.50. The van der Waals surface area contributed by atoms with Crippen molar-refractivity contribution in [3.63, 3.8) is 0 Å². The minimum Gasteiger partial charge on any atom is -0.382 e. The molecule has 1 aliphatic heterocycles. The largest absolute Gasteiger partial charge is 0.382 e. The molecule has 0 aromatic carbocycles. The van der Waals surface area contributed by atoms with E-state index in [2.05, 4.69) is 21.0 Å². The molecule has 15 heavy (non-hydrogen) atoms. The van der Waals surface area contributed by atoms with Gasteiger partial charge in [-0.25, -0.2) is 0 Å². The van der Waals surface area contributed by atoms with Crippen molar-refractivity contribution in [1.29, 1.82) is 0 Å². The maximum atomic E-state index is 10.8. The first-order valence-corrected chi connectivity index (χ1v) is 5.33. The van der Waals surface area contributed by atoms with Crippen LogP contribution in [0.5, 0.6) is 0 Å². The summed E-state index contributed by atoms with van der Waals surface area (Å²) in [5.41, 5.74) is 11.8. The Morgan fingerprint density at radius 1 is 1.67 bits per heavy atom. The molecule has 0 fully saturated rings. The lowest BCUT2D eigenvalue weighted by Crippen LogP contribution is -2.36. The molecule has 80 valence electrons. The predicted molar refractivity (Wildman–Crippen MR) is 61.0 cm³/mol. The summed E-state index contributed by atoms with van der Waals surface area (Å²) >= 11 is 3.42. The molecule has 0 saturated carbocycles. The van der Waals surface area contributed by atoms with Crippen LogP contribution in [0.15, 0.2) is 27.3 Å². The zero-order valence-electron chi connectivity index (χ0n) is 7.98. The zero-order chi connectivity index (χ0) is 11.0. The van der Waals surface area contributed by atoms with Gasteiger partial charge in [-0.1, -0.05) is 28.1 Å². The van der Waals surface area contributed by atoms with Gasteiger partial charge in [0.1, 0.15) is 12.4 Å². The Balaban J connectivity index is 2.23. The van der Waals surface area contributed by atoms with Crippen LogP contribution < -0.4 is 11.5 Å². The van der Waals surface area contributed by atoms with Crippen LogP contribution in [0.25, 0.3) is 0 Å². The number of primary amides is 1. The minimum absolute atomic E-state index is 0.0388. The van der Waals surface area contributed by atoms with Gasteiger partial charge in [-0.3, -0.25) is 9.80 Å². The molecule has 1 heterocycles. The fraction of sp³-hybridized carbons (Fsp3) is 0.333. The molecule has 1 amide bonds. The van der Waals surface area contributed by atoms with Crippen LogP contribution in [0.3, 0.4) is 0 Å². The number of hydrogen-bond donors (Lipinski definition) is 2. The normalized spacial score (nSPS) is 24.2. The predicted octanol–water partition coefficient (Wildman–Crippen LogP) is 0.0370. The van der Waals surface area contributed by atoms with Gasteiger partial charge in [0.2, 0.25) is 5.91 Å². The summed E-state index contributed by atoms with van der Waals surface area (Å²) in [5, 5.41) is 5.75. The highest BCUT2D eigenvalue weighted by atomic mass is 79.9. The second kappa shape index (κ2) is 3.69. The average molecular weight is 271 g/mol. The summed E-state index contributed by atoms with van der Waals surface area (Å²) in [5.74, 6) is 0.0657. The molecule has 0 aromatic heterocycles. The van der Waals surface area contributed by atoms with Gasteiger partial charge in [0, 0.05) is 12.0 Å². The maximum Gasteiger partial charge on any atom is 0.238 e. The van der Waals surface area contributed by atoms with Gasteiger partial charge in [0.25, 0.3) is 0 Å². The smallest absolute Gasteiger partial charge is 0.238 e. The van der Waals surface area contributed by atoms with Crippen LogP contribution in [0.2, 0.25) is 0 Å². The number of hydrogen-bond acceptors (Lipinski definition) is 4. The molecule has 0 aromatic rings. The van der Waals surface area contributed by atoms with Crippen molar-refractivity contribution in [2.75, 3.05) is 6.54 Å². The van der Waals surface area contributed by atoms with Crippen molar-refractivity contribution in [3.05, 3.63) is 22.2 Å². The van der Waals surface area contributed by atoms with E-state index >= 15 is 0 Å². The van der Waals surface area contributed by atoms with E-state index in [0.29, 0.717) is 5.84 Å². The highest BCUT2D eigenvalue weighted by Crippen LogP contribution is 2.30. The molecule has 6 heteroatoms. The molecule has 0 radical (unpaired) electrons. The Morgan fingerprint density at radius 2 is 2.40 bits per heavy atom. The van der Waals surface area contributed by atoms with E-state index in [0.717, 1.165) is 16.5 Å². The number of hydrazone groups is 1. The van der Waals surface area contributed by atoms with E-state index in [1.54, 1.807) is 5.01 Å². The molecule has 1 aliphatic carbocycles. The summed E-state index contributed by atoms with van der Waals surface area (Å²) < 4.78 is 1.07. The first kappa shape index (κ1) is 10.2. The molecule has 2 aliphatic rings. The van der Waals surface area contributed by atoms with Crippen molar-refractivity contribution in [2.45, 2.75) is 12.5 Å². The molecule has 2 rings (SSSR count). The minimum atomic E-state index is -0.404. The maximum absolute atomic E-state index is 10.8. The fourth-order valence-corrected chi connectivity index (χ4v) is 2.19. The van der Waals surface area contributed by atoms with E-state index < -0.39 is 5.91 Å². The number of amidine groups is 1. The summed E-state index contributed by atoms with van der Waals surface area (Å²) in [6, 6.07) is 0.0388. The molecule has 1 atom stereocenters. The molecule has 5 nitrogen and oxygen atoms in total. The summed E-state index contributed by atoms with van der Waals surface area (Å²) in [6.07, 6.45) is 4.63. The molecular weight excluding hydrogens is 260 g/mol. The third-order valence-corrected chi connectivity index (χ3v) is 2.99. The first-order valence-electron chi connectivity index (χ1n) is 4.53. The van der Waals surface area contributed by atoms with Gasteiger partial charge < -0.3 is 11.5 Å². The number of nitrogens with two attached hydrogens (primary N) is 2. The van der Waals surface area contributed by atoms with Gasteiger partial charge in [0.05, 0.1) is 6.04 Å². The van der Waals surface area contributed by atoms with Crippen molar-refractivity contribution in [3.8, 4) is 0 Å². The summed E-state index contributed by atoms with van der Waals surface area (Å²) in [7, 11) is 0. The lowest BCUT2D eigenvalue weighted by atomic mass is 9.99. The summed E-state index contributed by atoms with van der Waals surface area (Å²) in [4.78, 5) is 10.8. The molecule has 0 bridgehead atoms. The molecular formula is C9H11BrN4O. The molecule has 0 saturated heterocycles. The van der Waals surface area contributed by atoms with Crippen LogP contribution in [0.4, 0.5) is 0 Å². The Labute approximate surface area is 95.6 Å². The number of carbonyl (C=O) groups is 1. The van der Waals surface area contributed by atoms with Crippen molar-refractivity contribution in [1.82, 2.24) is 5.01 Å². The van der Waals surface area contributed by atoms with Crippen molar-refractivity contribution < 1.29 is 4.79 Å². The number of nitrogens with zero attached hydrogens (tertiary/aromatic N) is 2. The molecule has 0 spiro atoms. The Kier molecular flexibility index (Phi) is 2.52. The standard InChI is InChI=1S/C9H11BrN4O/c10-5-1-2-6-7(3-5)14(4-8(11)15)13-9(6)12/h1-2,7H,3-4H2,(H2,11,15)(H2,12,13). The van der Waals surface area contributed by atoms with Crippen LogP contribution in [0, 0.1) is 0 Å². The van der Waals surface area contributed by atoms with Crippen molar-refractivity contribution >= 4 is 27.7 Å². The van der Waals surface area contributed by atoms with Crippen LogP contribution in [0.1, 0.15) is 6.42 Å². The number of rotatable bonds is 2. The first-order chi connectivity index (χ1) is 7.08. The van der Waals surface area contributed by atoms with Gasteiger partial charge in [-0.2, -0.15) is 5.10 Å². The second-order valence-corrected chi connectivity index (χ2v) is 4.52. The van der Waals surface area contributed by atoms with E-state index in [-0.39, 0.29) is 12.6 Å². The van der Waals surface area contributed by atoms with Crippen LogP contribution in [-0.2, 0) is 4.79 Å². The Hall–Kier alpha value is -1.30. The topological polar surface area (TPSA) is 84.7 Å². The zero-order valence-corrected chi connectivity index (χ0v) is 9.57. The number of carbonyl (C=O) groups excluding carboxylic acids is 1. The number of amides is 1.